The summed E-state index contributed by atoms with van der Waals surface area (Å²) in [6.07, 6.45) is -7.59. The summed E-state index contributed by atoms with van der Waals surface area (Å²) in [7, 11) is 0. The molecule has 0 aromatic heterocycles. The van der Waals surface area contributed by atoms with Crippen LogP contribution in [0.3, 0.4) is 0 Å². The Balaban J connectivity index is 2.19. The van der Waals surface area contributed by atoms with E-state index in [1.165, 1.54) is 18.2 Å². The normalized spacial score (nSPS) is 21.1. The van der Waals surface area contributed by atoms with Gasteiger partial charge >= 0.3 is 12.7 Å². The van der Waals surface area contributed by atoms with Gasteiger partial charge in [-0.3, -0.25) is 4.74 Å². The Hall–Kier alpha value is -2.20. The first-order valence-electron chi connectivity index (χ1n) is 6.80. The molecule has 0 bridgehead atoms. The summed E-state index contributed by atoms with van der Waals surface area (Å²) in [6, 6.07) is 4.83. The van der Waals surface area contributed by atoms with Gasteiger partial charge in [-0.15, -0.1) is 26.3 Å². The van der Waals surface area contributed by atoms with Crippen molar-refractivity contribution in [3.63, 3.8) is 0 Å². The molecule has 1 unspecified atom stereocenters. The van der Waals surface area contributed by atoms with Crippen molar-refractivity contribution in [2.75, 3.05) is 0 Å². The molecule has 1 N–H and O–H groups in total. The fraction of sp³-hybridized carbons (Fsp3) is 0.333. The monoisotopic (exact) mass is 370 g/mol. The molecule has 2 rings (SSSR count). The number of rotatable bonds is 5. The molecule has 0 heterocycles. The highest BCUT2D eigenvalue weighted by molar-refractivity contribution is 5.33. The molecule has 1 atom stereocenters. The van der Waals surface area contributed by atoms with E-state index in [2.05, 4.69) is 9.47 Å². The van der Waals surface area contributed by atoms with E-state index in [9.17, 15) is 31.4 Å². The van der Waals surface area contributed by atoms with Crippen molar-refractivity contribution in [1.82, 2.24) is 0 Å². The van der Waals surface area contributed by atoms with Crippen molar-refractivity contribution in [3.05, 3.63) is 53.8 Å². The third kappa shape index (κ3) is 5.98. The summed E-state index contributed by atoms with van der Waals surface area (Å²) < 4.78 is 87.8. The molecule has 0 saturated heterocycles. The molecule has 10 heteroatoms. The summed E-state index contributed by atoms with van der Waals surface area (Å²) in [5.74, 6) is -3.45. The molecule has 0 amide bonds. The first-order valence-corrected chi connectivity index (χ1v) is 6.80. The standard InChI is InChI=1S/C15H12F6O4/c16-14(17,18)24-12-6-2-1-4-10(12)9-23-13(25-15(19,20)21)7-3-5-11(22)8-13/h1-7,22H,8-9H2. The van der Waals surface area contributed by atoms with E-state index in [-0.39, 0.29) is 5.56 Å². The predicted octanol–water partition coefficient (Wildman–Crippen LogP) is 4.74. The number of hydrogen-bond acceptors (Lipinski definition) is 4. The molecular weight excluding hydrogens is 358 g/mol. The lowest BCUT2D eigenvalue weighted by atomic mass is 10.1. The van der Waals surface area contributed by atoms with Gasteiger partial charge in [-0.05, 0) is 18.2 Å². The van der Waals surface area contributed by atoms with Gasteiger partial charge in [0.05, 0.1) is 18.8 Å². The van der Waals surface area contributed by atoms with Gasteiger partial charge in [0.1, 0.15) is 5.75 Å². The number of halogens is 6. The van der Waals surface area contributed by atoms with Crippen LogP contribution in [0.5, 0.6) is 5.75 Å². The molecule has 4 nitrogen and oxygen atoms in total. The minimum atomic E-state index is -5.09. The van der Waals surface area contributed by atoms with Gasteiger partial charge in [-0.25, -0.2) is 0 Å². The maximum absolute atomic E-state index is 12.6. The van der Waals surface area contributed by atoms with E-state index in [1.54, 1.807) is 0 Å². The van der Waals surface area contributed by atoms with Crippen molar-refractivity contribution in [1.29, 1.82) is 0 Å². The van der Waals surface area contributed by atoms with Gasteiger partial charge in [0.2, 0.25) is 5.79 Å². The van der Waals surface area contributed by atoms with E-state index < -0.39 is 43.0 Å². The van der Waals surface area contributed by atoms with Crippen LogP contribution in [0, 0.1) is 0 Å². The Morgan fingerprint density at radius 1 is 1.04 bits per heavy atom. The quantitative estimate of drug-likeness (QED) is 0.601. The SMILES string of the molecule is OC1=CC=CC(OCc2ccccc2OC(F)(F)F)(OC(F)(F)F)C1. The third-order valence-electron chi connectivity index (χ3n) is 3.03. The van der Waals surface area contributed by atoms with E-state index in [1.807, 2.05) is 0 Å². The summed E-state index contributed by atoms with van der Waals surface area (Å²) >= 11 is 0. The number of alkyl halides is 6. The number of para-hydroxylation sites is 1. The molecule has 1 aliphatic carbocycles. The van der Waals surface area contributed by atoms with Crippen LogP contribution in [0.2, 0.25) is 0 Å². The van der Waals surface area contributed by atoms with Gasteiger partial charge in [0, 0.05) is 5.56 Å². The van der Waals surface area contributed by atoms with Gasteiger partial charge in [-0.1, -0.05) is 24.3 Å². The third-order valence-corrected chi connectivity index (χ3v) is 3.03. The molecule has 0 radical (unpaired) electrons. The lowest BCUT2D eigenvalue weighted by Gasteiger charge is -2.32. The zero-order valence-electron chi connectivity index (χ0n) is 12.4. The molecule has 1 aliphatic rings. The fourth-order valence-corrected chi connectivity index (χ4v) is 2.12. The Kier molecular flexibility index (Phi) is 5.33. The maximum Gasteiger partial charge on any atom is 0.573 e. The van der Waals surface area contributed by atoms with Gasteiger partial charge < -0.3 is 14.6 Å². The lowest BCUT2D eigenvalue weighted by Crippen LogP contribution is -2.40. The van der Waals surface area contributed by atoms with Crippen molar-refractivity contribution < 1.29 is 45.7 Å². The van der Waals surface area contributed by atoms with Crippen LogP contribution in [0.15, 0.2) is 48.3 Å². The summed E-state index contributed by atoms with van der Waals surface area (Å²) in [6.45, 7) is -0.681. The van der Waals surface area contributed by atoms with E-state index in [4.69, 9.17) is 4.74 Å². The number of benzene rings is 1. The highest BCUT2D eigenvalue weighted by Crippen LogP contribution is 2.36. The summed E-state index contributed by atoms with van der Waals surface area (Å²) in [5.41, 5.74) is -0.146. The average Bonchev–Trinajstić information content (AvgIpc) is 2.43. The molecule has 0 spiro atoms. The molecule has 1 aromatic carbocycles. The number of ether oxygens (including phenoxy) is 3. The number of aliphatic hydroxyl groups excluding tert-OH is 1. The predicted molar refractivity (Wildman–Crippen MR) is 72.3 cm³/mol. The lowest BCUT2D eigenvalue weighted by molar-refractivity contribution is -0.406. The van der Waals surface area contributed by atoms with Crippen molar-refractivity contribution in [3.8, 4) is 5.75 Å². The molecule has 0 saturated carbocycles. The second kappa shape index (κ2) is 6.96. The van der Waals surface area contributed by atoms with Gasteiger partial charge in [0.15, 0.2) is 0 Å². The molecular formula is C15H12F6O4. The topological polar surface area (TPSA) is 47.9 Å². The zero-order chi connectivity index (χ0) is 18.7. The van der Waals surface area contributed by atoms with Crippen LogP contribution in [-0.2, 0) is 16.1 Å². The Morgan fingerprint density at radius 3 is 2.32 bits per heavy atom. The van der Waals surface area contributed by atoms with E-state index in [0.717, 1.165) is 24.3 Å². The van der Waals surface area contributed by atoms with Crippen LogP contribution in [-0.4, -0.2) is 23.6 Å². The van der Waals surface area contributed by atoms with Crippen LogP contribution < -0.4 is 4.74 Å². The zero-order valence-corrected chi connectivity index (χ0v) is 12.4. The number of hydrogen-bond donors (Lipinski definition) is 1. The van der Waals surface area contributed by atoms with Crippen LogP contribution in [0.4, 0.5) is 26.3 Å². The van der Waals surface area contributed by atoms with E-state index in [0.29, 0.717) is 0 Å². The first kappa shape index (κ1) is 19.1. The molecule has 1 aromatic rings. The molecule has 0 fully saturated rings. The van der Waals surface area contributed by atoms with Crippen LogP contribution in [0.1, 0.15) is 12.0 Å². The van der Waals surface area contributed by atoms with Crippen LogP contribution >= 0.6 is 0 Å². The smallest absolute Gasteiger partial charge is 0.512 e. The maximum atomic E-state index is 12.6. The van der Waals surface area contributed by atoms with Gasteiger partial charge in [-0.2, -0.15) is 0 Å². The Labute approximate surface area is 137 Å². The number of aliphatic hydroxyl groups is 1. The average molecular weight is 370 g/mol. The van der Waals surface area contributed by atoms with E-state index >= 15 is 0 Å². The highest BCUT2D eigenvalue weighted by Gasteiger charge is 2.45. The first-order chi connectivity index (χ1) is 11.5. The van der Waals surface area contributed by atoms with Crippen molar-refractivity contribution in [2.45, 2.75) is 31.5 Å². The van der Waals surface area contributed by atoms with Crippen molar-refractivity contribution in [2.24, 2.45) is 0 Å². The highest BCUT2D eigenvalue weighted by atomic mass is 19.4. The molecule has 0 aliphatic heterocycles. The minimum absolute atomic E-state index is 0.146. The Bertz CT molecular complexity index is 665. The second-order valence-corrected chi connectivity index (χ2v) is 5.00. The minimum Gasteiger partial charge on any atom is -0.512 e. The molecule has 138 valence electrons. The van der Waals surface area contributed by atoms with Gasteiger partial charge in [0.25, 0.3) is 0 Å². The summed E-state index contributed by atoms with van der Waals surface area (Å²) in [5, 5.41) is 9.46. The fourth-order valence-electron chi connectivity index (χ4n) is 2.12. The summed E-state index contributed by atoms with van der Waals surface area (Å²) in [4.78, 5) is 0. The van der Waals surface area contributed by atoms with Crippen LogP contribution in [0.25, 0.3) is 0 Å². The number of allylic oxidation sites excluding steroid dienone is 2. The second-order valence-electron chi connectivity index (χ2n) is 5.00. The van der Waals surface area contributed by atoms with Crippen molar-refractivity contribution >= 4 is 0 Å². The largest absolute Gasteiger partial charge is 0.573 e. The Morgan fingerprint density at radius 2 is 1.72 bits per heavy atom. The molecule has 25 heavy (non-hydrogen) atoms.